The molecule has 1 unspecified atom stereocenters. The summed E-state index contributed by atoms with van der Waals surface area (Å²) in [7, 11) is 1.00. The summed E-state index contributed by atoms with van der Waals surface area (Å²) in [5, 5.41) is 7.87. The fraction of sp³-hybridized carbons (Fsp3) is 0.536. The number of hydrogen-bond donors (Lipinski definition) is 1. The predicted molar refractivity (Wildman–Crippen MR) is 145 cm³/mol. The molecule has 0 spiro atoms. The Morgan fingerprint density at radius 3 is 2.39 bits per heavy atom. The number of halogens is 1. The first-order chi connectivity index (χ1) is 17.5. The highest BCUT2D eigenvalue weighted by Crippen LogP contribution is 2.27. The normalized spacial score (nSPS) is 20.1. The summed E-state index contributed by atoms with van der Waals surface area (Å²) < 4.78 is 0. The maximum atomic E-state index is 12.6. The second kappa shape index (κ2) is 16.4. The van der Waals surface area contributed by atoms with E-state index in [1.165, 1.54) is 12.5 Å². The Labute approximate surface area is 220 Å². The fourth-order valence-electron chi connectivity index (χ4n) is 4.71. The molecule has 1 fully saturated rings. The van der Waals surface area contributed by atoms with Gasteiger partial charge >= 0.3 is 0 Å². The van der Waals surface area contributed by atoms with Crippen LogP contribution < -0.4 is 4.90 Å². The summed E-state index contributed by atoms with van der Waals surface area (Å²) in [4.78, 5) is 38.3. The number of benzene rings is 1. The number of para-hydroxylation sites is 1. The van der Waals surface area contributed by atoms with E-state index in [1.807, 2.05) is 11.0 Å². The van der Waals surface area contributed by atoms with Gasteiger partial charge in [0.2, 0.25) is 5.91 Å². The van der Waals surface area contributed by atoms with E-state index < -0.39 is 5.78 Å². The van der Waals surface area contributed by atoms with Crippen molar-refractivity contribution in [3.05, 3.63) is 53.1 Å². The molecular weight excluding hydrogens is 478 g/mol. The summed E-state index contributed by atoms with van der Waals surface area (Å²) in [6.07, 6.45) is 12.6. The van der Waals surface area contributed by atoms with Crippen LogP contribution >= 0.6 is 11.6 Å². The summed E-state index contributed by atoms with van der Waals surface area (Å²) in [5.74, 6) is -0.136. The number of aliphatic hydroxyl groups excluding tert-OH is 1. The van der Waals surface area contributed by atoms with Crippen molar-refractivity contribution < 1.29 is 19.5 Å². The molecule has 0 aromatic heterocycles. The van der Waals surface area contributed by atoms with Crippen LogP contribution in [0.15, 0.2) is 47.5 Å². The number of aliphatic hydroxyl groups is 1. The maximum absolute atomic E-state index is 12.6. The van der Waals surface area contributed by atoms with Gasteiger partial charge in [-0.3, -0.25) is 19.3 Å². The third kappa shape index (κ3) is 9.62. The van der Waals surface area contributed by atoms with Gasteiger partial charge in [-0.15, -0.1) is 0 Å². The molecule has 0 radical (unpaired) electrons. The van der Waals surface area contributed by atoms with Gasteiger partial charge in [-0.1, -0.05) is 42.0 Å². The van der Waals surface area contributed by atoms with Gasteiger partial charge < -0.3 is 14.9 Å². The van der Waals surface area contributed by atoms with Crippen molar-refractivity contribution in [1.82, 2.24) is 9.80 Å². The van der Waals surface area contributed by atoms with Crippen LogP contribution in [-0.4, -0.2) is 85.3 Å². The number of aldehydes is 1. The maximum Gasteiger partial charge on any atom is 0.226 e. The fourth-order valence-corrected chi connectivity index (χ4v) is 4.87. The minimum Gasteiger partial charge on any atom is -0.400 e. The molecule has 1 aliphatic carbocycles. The van der Waals surface area contributed by atoms with Gasteiger partial charge in [-0.25, -0.2) is 0 Å². The molecule has 198 valence electrons. The molecule has 7 nitrogen and oxygen atoms in total. The van der Waals surface area contributed by atoms with E-state index in [9.17, 15) is 9.59 Å². The standard InChI is InChI=1S/C24H32ClN3O.C3H4O2.CH4O/c25-21-10-12-22(13-11-21)27-18-16-26(17-19-27)14-3-4-15-28-23-8-2-1-6-20(23)7-5-9-24(28)29;1-3(5)2-4;1-2/h1-2,6,8,10-12,22H,3-5,7,9,13-19H2;2H,1H3;2H,1H3. The van der Waals surface area contributed by atoms with Crippen LogP contribution in [0.1, 0.15) is 44.6 Å². The quantitative estimate of drug-likeness (QED) is 0.338. The highest BCUT2D eigenvalue weighted by molar-refractivity contribution is 6.31. The van der Waals surface area contributed by atoms with Gasteiger partial charge in [0.25, 0.3) is 0 Å². The molecule has 36 heavy (non-hydrogen) atoms. The van der Waals surface area contributed by atoms with E-state index in [0.717, 1.165) is 89.2 Å². The molecule has 8 heteroatoms. The molecule has 3 aliphatic rings. The number of carbonyl (C=O) groups is 3. The van der Waals surface area contributed by atoms with Crippen LogP contribution in [0.3, 0.4) is 0 Å². The number of ketones is 1. The van der Waals surface area contributed by atoms with Gasteiger partial charge in [-0.2, -0.15) is 0 Å². The molecule has 1 N–H and O–H groups in total. The topological polar surface area (TPSA) is 81.2 Å². The smallest absolute Gasteiger partial charge is 0.226 e. The van der Waals surface area contributed by atoms with Gasteiger partial charge in [0.1, 0.15) is 0 Å². The number of amides is 1. The van der Waals surface area contributed by atoms with Gasteiger partial charge in [-0.05, 0) is 56.4 Å². The van der Waals surface area contributed by atoms with Crippen LogP contribution in [0, 0.1) is 0 Å². The SMILES string of the molecule is CC(=O)C=O.CO.O=C1CCCc2ccccc2N1CCCCN1CCN(C2C=CC(Cl)=CC2)CC1. The van der Waals surface area contributed by atoms with Crippen molar-refractivity contribution in [3.8, 4) is 0 Å². The number of rotatable bonds is 7. The van der Waals surface area contributed by atoms with Crippen LogP contribution in [0.25, 0.3) is 0 Å². The number of piperazine rings is 1. The van der Waals surface area contributed by atoms with Crippen molar-refractivity contribution in [2.75, 3.05) is 51.3 Å². The highest BCUT2D eigenvalue weighted by atomic mass is 35.5. The van der Waals surface area contributed by atoms with Gasteiger partial charge in [0.05, 0.1) is 0 Å². The highest BCUT2D eigenvalue weighted by Gasteiger charge is 2.24. The van der Waals surface area contributed by atoms with E-state index in [-0.39, 0.29) is 6.29 Å². The molecule has 0 bridgehead atoms. The second-order valence-electron chi connectivity index (χ2n) is 9.09. The monoisotopic (exact) mass is 517 g/mol. The lowest BCUT2D eigenvalue weighted by molar-refractivity contribution is -0.128. The van der Waals surface area contributed by atoms with Crippen LogP contribution in [0.2, 0.25) is 0 Å². The second-order valence-corrected chi connectivity index (χ2v) is 9.53. The Hall–Kier alpha value is -2.32. The Morgan fingerprint density at radius 2 is 1.75 bits per heavy atom. The predicted octanol–water partition coefficient (Wildman–Crippen LogP) is 3.59. The molecule has 1 aromatic carbocycles. The summed E-state index contributed by atoms with van der Waals surface area (Å²) in [5.41, 5.74) is 2.46. The average molecular weight is 518 g/mol. The van der Waals surface area contributed by atoms with Crippen molar-refractivity contribution in [2.45, 2.75) is 51.5 Å². The Balaban J connectivity index is 0.000000583. The summed E-state index contributed by atoms with van der Waals surface area (Å²) >= 11 is 6.04. The van der Waals surface area contributed by atoms with E-state index in [0.29, 0.717) is 18.4 Å². The van der Waals surface area contributed by atoms with Gasteiger partial charge in [0, 0.05) is 69.9 Å². The van der Waals surface area contributed by atoms with E-state index in [4.69, 9.17) is 21.5 Å². The Bertz CT molecular complexity index is 910. The molecule has 2 heterocycles. The number of Topliss-reactive ketones (excluding diaryl/α,β-unsaturated/α-hetero) is 1. The van der Waals surface area contributed by atoms with Gasteiger partial charge in [0.15, 0.2) is 12.1 Å². The van der Waals surface area contributed by atoms with Crippen LogP contribution in [-0.2, 0) is 20.8 Å². The van der Waals surface area contributed by atoms with E-state index in [1.54, 1.807) is 0 Å². The number of unbranched alkanes of at least 4 members (excludes halogenated alkanes) is 1. The molecule has 1 saturated heterocycles. The van der Waals surface area contributed by atoms with Crippen LogP contribution in [0.5, 0.6) is 0 Å². The molecular formula is C28H40ClN3O4. The minimum absolute atomic E-state index is 0.278. The number of hydrogen-bond acceptors (Lipinski definition) is 6. The van der Waals surface area contributed by atoms with E-state index >= 15 is 0 Å². The zero-order chi connectivity index (χ0) is 26.3. The zero-order valence-corrected chi connectivity index (χ0v) is 22.3. The first-order valence-corrected chi connectivity index (χ1v) is 13.1. The first kappa shape index (κ1) is 29.9. The van der Waals surface area contributed by atoms with Crippen molar-refractivity contribution in [1.29, 1.82) is 0 Å². The number of fused-ring (bicyclic) bond motifs is 1. The first-order valence-electron chi connectivity index (χ1n) is 12.8. The van der Waals surface area contributed by atoms with E-state index in [2.05, 4.69) is 46.2 Å². The molecule has 0 saturated carbocycles. The molecule has 1 atom stereocenters. The molecule has 4 rings (SSSR count). The average Bonchev–Trinajstić information content (AvgIpc) is 3.07. The number of carbonyl (C=O) groups excluding carboxylic acids is 3. The zero-order valence-electron chi connectivity index (χ0n) is 21.6. The van der Waals surface area contributed by atoms with Crippen LogP contribution in [0.4, 0.5) is 5.69 Å². The third-order valence-electron chi connectivity index (χ3n) is 6.60. The lowest BCUT2D eigenvalue weighted by Crippen LogP contribution is -2.50. The lowest BCUT2D eigenvalue weighted by Gasteiger charge is -2.38. The third-order valence-corrected chi connectivity index (χ3v) is 6.88. The van der Waals surface area contributed by atoms with Crippen molar-refractivity contribution >= 4 is 35.3 Å². The largest absolute Gasteiger partial charge is 0.400 e. The summed E-state index contributed by atoms with van der Waals surface area (Å²) in [6, 6.07) is 8.93. The molecule has 1 aromatic rings. The minimum atomic E-state index is -0.426. The molecule has 2 aliphatic heterocycles. The van der Waals surface area contributed by atoms with Crippen molar-refractivity contribution in [2.24, 2.45) is 0 Å². The number of nitrogens with zero attached hydrogens (tertiary/aromatic N) is 3. The van der Waals surface area contributed by atoms with Crippen molar-refractivity contribution in [3.63, 3.8) is 0 Å². The lowest BCUT2D eigenvalue weighted by atomic mass is 10.1. The molecule has 1 amide bonds. The number of aryl methyl sites for hydroxylation is 1. The summed E-state index contributed by atoms with van der Waals surface area (Å²) in [6.45, 7) is 7.70. The Kier molecular flexibility index (Phi) is 13.6. The number of allylic oxidation sites excluding steroid dienone is 2. The Morgan fingerprint density at radius 1 is 1.08 bits per heavy atom. The number of anilines is 1.